The van der Waals surface area contributed by atoms with Crippen LogP contribution in [0, 0.1) is 17.2 Å². The van der Waals surface area contributed by atoms with E-state index in [1.165, 1.54) is 16.7 Å². The third kappa shape index (κ3) is 2.27. The number of nitriles is 1. The summed E-state index contributed by atoms with van der Waals surface area (Å²) in [6, 6.07) is 27.3. The summed E-state index contributed by atoms with van der Waals surface area (Å²) < 4.78 is 6.11. The average molecular weight is 338 g/mol. The maximum absolute atomic E-state index is 9.36. The van der Waals surface area contributed by atoms with Crippen LogP contribution in [-0.2, 0) is 0 Å². The summed E-state index contributed by atoms with van der Waals surface area (Å²) >= 11 is 0. The number of nitrogens with one attached hydrogen (secondary N) is 1. The molecule has 2 aliphatic heterocycles. The summed E-state index contributed by atoms with van der Waals surface area (Å²) in [5.41, 5.74) is 5.46. The lowest BCUT2D eigenvalue weighted by molar-refractivity contribution is 0.183. The quantitative estimate of drug-likeness (QED) is 0.689. The molecule has 0 spiro atoms. The van der Waals surface area contributed by atoms with Crippen molar-refractivity contribution in [3.63, 3.8) is 0 Å². The summed E-state index contributed by atoms with van der Waals surface area (Å²) in [5.74, 6) is 1.43. The van der Waals surface area contributed by atoms with Crippen LogP contribution < -0.4 is 10.1 Å². The van der Waals surface area contributed by atoms with Gasteiger partial charge < -0.3 is 10.1 Å². The lowest BCUT2D eigenvalue weighted by atomic mass is 9.71. The molecule has 0 aliphatic carbocycles. The molecule has 0 amide bonds. The Balaban J connectivity index is 1.71. The molecule has 0 saturated heterocycles. The van der Waals surface area contributed by atoms with Gasteiger partial charge in [-0.1, -0.05) is 48.5 Å². The van der Waals surface area contributed by atoms with E-state index in [4.69, 9.17) is 4.74 Å². The Kier molecular flexibility index (Phi) is 3.43. The van der Waals surface area contributed by atoms with Crippen molar-refractivity contribution in [2.45, 2.75) is 12.0 Å². The SMILES string of the molecule is N#Cc1ccc2c(c1)[C@H](c1ccccc1)[C@H]1COc3ccccc3[C@@H]1N2. The third-order valence-electron chi connectivity index (χ3n) is 5.53. The van der Waals surface area contributed by atoms with Crippen LogP contribution in [0.25, 0.3) is 0 Å². The molecule has 5 rings (SSSR count). The molecule has 0 unspecified atom stereocenters. The summed E-state index contributed by atoms with van der Waals surface area (Å²) in [5, 5.41) is 13.1. The van der Waals surface area contributed by atoms with Gasteiger partial charge in [0.1, 0.15) is 5.75 Å². The van der Waals surface area contributed by atoms with Gasteiger partial charge in [-0.05, 0) is 35.4 Å². The largest absolute Gasteiger partial charge is 0.493 e. The van der Waals surface area contributed by atoms with Crippen LogP contribution in [0.5, 0.6) is 5.75 Å². The molecule has 3 heteroatoms. The Labute approximate surface area is 152 Å². The van der Waals surface area contributed by atoms with Crippen LogP contribution in [0.4, 0.5) is 5.69 Å². The molecule has 3 nitrogen and oxygen atoms in total. The first-order valence-electron chi connectivity index (χ1n) is 8.92. The fraction of sp³-hybridized carbons (Fsp3) is 0.174. The number of fused-ring (bicyclic) bond motifs is 4. The minimum Gasteiger partial charge on any atom is -0.493 e. The van der Waals surface area contributed by atoms with Crippen molar-refractivity contribution in [1.29, 1.82) is 5.26 Å². The van der Waals surface area contributed by atoms with Crippen LogP contribution in [0.2, 0.25) is 0 Å². The second kappa shape index (κ2) is 5.93. The van der Waals surface area contributed by atoms with Crippen molar-refractivity contribution in [2.75, 3.05) is 11.9 Å². The van der Waals surface area contributed by atoms with E-state index in [2.05, 4.69) is 47.8 Å². The Morgan fingerprint density at radius 2 is 1.73 bits per heavy atom. The summed E-state index contributed by atoms with van der Waals surface area (Å²) in [4.78, 5) is 0. The smallest absolute Gasteiger partial charge is 0.124 e. The molecular formula is C23H18N2O. The molecule has 2 aliphatic rings. The Morgan fingerprint density at radius 1 is 0.923 bits per heavy atom. The minimum absolute atomic E-state index is 0.194. The summed E-state index contributed by atoms with van der Waals surface area (Å²) in [7, 11) is 0. The topological polar surface area (TPSA) is 45.0 Å². The number of benzene rings is 3. The fourth-order valence-corrected chi connectivity index (χ4v) is 4.36. The maximum atomic E-state index is 9.36. The number of para-hydroxylation sites is 1. The van der Waals surface area contributed by atoms with Gasteiger partial charge in [-0.25, -0.2) is 0 Å². The number of ether oxygens (including phenoxy) is 1. The molecule has 0 fully saturated rings. The predicted molar refractivity (Wildman–Crippen MR) is 101 cm³/mol. The molecule has 0 radical (unpaired) electrons. The van der Waals surface area contributed by atoms with Crippen LogP contribution in [0.3, 0.4) is 0 Å². The zero-order chi connectivity index (χ0) is 17.5. The first-order valence-corrected chi connectivity index (χ1v) is 8.92. The van der Waals surface area contributed by atoms with Gasteiger partial charge in [0.15, 0.2) is 0 Å². The first-order chi connectivity index (χ1) is 12.8. The van der Waals surface area contributed by atoms with Crippen LogP contribution in [0.15, 0.2) is 72.8 Å². The zero-order valence-electron chi connectivity index (χ0n) is 14.2. The molecule has 0 aromatic heterocycles. The molecule has 0 bridgehead atoms. The zero-order valence-corrected chi connectivity index (χ0v) is 14.2. The molecule has 3 aromatic rings. The van der Waals surface area contributed by atoms with Gasteiger partial charge in [0.05, 0.1) is 24.3 Å². The van der Waals surface area contributed by atoms with Crippen molar-refractivity contribution < 1.29 is 4.74 Å². The number of hydrogen-bond donors (Lipinski definition) is 1. The van der Waals surface area contributed by atoms with E-state index >= 15 is 0 Å². The van der Waals surface area contributed by atoms with Crippen LogP contribution >= 0.6 is 0 Å². The number of rotatable bonds is 1. The molecule has 2 heterocycles. The van der Waals surface area contributed by atoms with Gasteiger partial charge in [-0.3, -0.25) is 0 Å². The normalized spacial score (nSPS) is 22.7. The third-order valence-corrected chi connectivity index (χ3v) is 5.53. The molecule has 3 atom stereocenters. The fourth-order valence-electron chi connectivity index (χ4n) is 4.36. The molecule has 0 saturated carbocycles. The second-order valence-corrected chi connectivity index (χ2v) is 6.94. The van der Waals surface area contributed by atoms with Gasteiger partial charge in [-0.15, -0.1) is 0 Å². The molecule has 1 N–H and O–H groups in total. The van der Waals surface area contributed by atoms with Gasteiger partial charge in [0.25, 0.3) is 0 Å². The van der Waals surface area contributed by atoms with Crippen molar-refractivity contribution >= 4 is 5.69 Å². The van der Waals surface area contributed by atoms with Gasteiger partial charge >= 0.3 is 0 Å². The van der Waals surface area contributed by atoms with E-state index in [1.807, 2.05) is 36.4 Å². The maximum Gasteiger partial charge on any atom is 0.124 e. The number of hydrogen-bond acceptors (Lipinski definition) is 3. The van der Waals surface area contributed by atoms with E-state index in [1.54, 1.807) is 0 Å². The van der Waals surface area contributed by atoms with Crippen LogP contribution in [-0.4, -0.2) is 6.61 Å². The van der Waals surface area contributed by atoms with E-state index in [0.29, 0.717) is 12.2 Å². The van der Waals surface area contributed by atoms with E-state index in [9.17, 15) is 5.26 Å². The van der Waals surface area contributed by atoms with Crippen LogP contribution in [0.1, 0.15) is 34.2 Å². The van der Waals surface area contributed by atoms with Crippen molar-refractivity contribution in [3.8, 4) is 11.8 Å². The van der Waals surface area contributed by atoms with Crippen molar-refractivity contribution in [2.24, 2.45) is 5.92 Å². The monoisotopic (exact) mass is 338 g/mol. The van der Waals surface area contributed by atoms with E-state index in [-0.39, 0.29) is 17.9 Å². The van der Waals surface area contributed by atoms with Crippen molar-refractivity contribution in [3.05, 3.63) is 95.1 Å². The molecule has 126 valence electrons. The summed E-state index contributed by atoms with van der Waals surface area (Å²) in [6.45, 7) is 0.657. The highest BCUT2D eigenvalue weighted by molar-refractivity contribution is 5.63. The Hall–Kier alpha value is -3.25. The highest BCUT2D eigenvalue weighted by Crippen LogP contribution is 2.51. The summed E-state index contributed by atoms with van der Waals surface area (Å²) in [6.07, 6.45) is 0. The molecular weight excluding hydrogens is 320 g/mol. The standard InChI is InChI=1S/C23H18N2O/c24-13-15-10-11-20-18(12-15)22(16-6-2-1-3-7-16)19-14-26-21-9-5-4-8-17(21)23(19)25-20/h1-12,19,22-23,25H,14H2/t19-,22+,23+/m1/s1. The first kappa shape index (κ1) is 15.0. The Morgan fingerprint density at radius 3 is 2.58 bits per heavy atom. The highest BCUT2D eigenvalue weighted by Gasteiger charge is 2.42. The molecule has 26 heavy (non-hydrogen) atoms. The number of nitrogens with zero attached hydrogens (tertiary/aromatic N) is 1. The van der Waals surface area contributed by atoms with E-state index < -0.39 is 0 Å². The lowest BCUT2D eigenvalue weighted by Crippen LogP contribution is -2.39. The Bertz CT molecular complexity index is 1010. The average Bonchev–Trinajstić information content (AvgIpc) is 2.72. The predicted octanol–water partition coefficient (Wildman–Crippen LogP) is 4.87. The number of anilines is 1. The lowest BCUT2D eigenvalue weighted by Gasteiger charge is -2.44. The van der Waals surface area contributed by atoms with Gasteiger partial charge in [0, 0.05) is 23.1 Å². The van der Waals surface area contributed by atoms with E-state index in [0.717, 1.165) is 11.4 Å². The second-order valence-electron chi connectivity index (χ2n) is 6.94. The minimum atomic E-state index is 0.194. The van der Waals surface area contributed by atoms with Gasteiger partial charge in [-0.2, -0.15) is 5.26 Å². The van der Waals surface area contributed by atoms with Gasteiger partial charge in [0.2, 0.25) is 0 Å². The molecule has 3 aromatic carbocycles. The van der Waals surface area contributed by atoms with Crippen molar-refractivity contribution in [1.82, 2.24) is 0 Å². The highest BCUT2D eigenvalue weighted by atomic mass is 16.5.